The van der Waals surface area contributed by atoms with Crippen LogP contribution in [0.4, 0.5) is 38.6 Å². The van der Waals surface area contributed by atoms with Crippen LogP contribution in [0.2, 0.25) is 0 Å². The summed E-state index contributed by atoms with van der Waals surface area (Å²) >= 11 is 1.47. The lowest BCUT2D eigenvalue weighted by Gasteiger charge is -2.11. The molecule has 4 N–H and O–H groups in total. The molecule has 0 aliphatic carbocycles. The molecule has 0 saturated carbocycles. The first kappa shape index (κ1) is 20.3. The van der Waals surface area contributed by atoms with Crippen molar-refractivity contribution >= 4 is 51.2 Å². The van der Waals surface area contributed by atoms with Crippen LogP contribution in [0.5, 0.6) is 0 Å². The van der Waals surface area contributed by atoms with Gasteiger partial charge < -0.3 is 16.0 Å². The van der Waals surface area contributed by atoms with Gasteiger partial charge in [-0.25, -0.2) is 19.7 Å². The number of rotatable bonds is 6. The second kappa shape index (κ2) is 9.23. The highest BCUT2D eigenvalue weighted by atomic mass is 32.1. The Bertz CT molecular complexity index is 1180. The fraction of sp³-hybridized carbons (Fsp3) is 0.0909. The summed E-state index contributed by atoms with van der Waals surface area (Å²) in [5, 5.41) is 14.8. The Labute approximate surface area is 183 Å². The van der Waals surface area contributed by atoms with E-state index in [0.717, 1.165) is 22.1 Å². The van der Waals surface area contributed by atoms with E-state index in [9.17, 15) is 4.79 Å². The van der Waals surface area contributed by atoms with E-state index in [1.807, 2.05) is 73.8 Å². The number of hydrogen-bond donors (Lipinski definition) is 4. The van der Waals surface area contributed by atoms with E-state index < -0.39 is 0 Å². The van der Waals surface area contributed by atoms with Gasteiger partial charge in [0.15, 0.2) is 0 Å². The molecule has 3 heterocycles. The number of pyridine rings is 1. The lowest BCUT2D eigenvalue weighted by Crippen LogP contribution is -2.18. The molecule has 31 heavy (non-hydrogen) atoms. The maximum atomic E-state index is 12.0. The number of aromatic nitrogens is 3. The Morgan fingerprint density at radius 1 is 0.839 bits per heavy atom. The molecule has 8 nitrogen and oxygen atoms in total. The minimum atomic E-state index is -0.282. The van der Waals surface area contributed by atoms with Crippen molar-refractivity contribution in [1.29, 1.82) is 0 Å². The van der Waals surface area contributed by atoms with Crippen LogP contribution in [-0.2, 0) is 0 Å². The molecule has 4 rings (SSSR count). The first-order valence-electron chi connectivity index (χ1n) is 9.57. The van der Waals surface area contributed by atoms with Crippen LogP contribution in [0.3, 0.4) is 0 Å². The lowest BCUT2D eigenvalue weighted by atomic mass is 10.2. The van der Waals surface area contributed by atoms with E-state index in [4.69, 9.17) is 0 Å². The van der Waals surface area contributed by atoms with Gasteiger partial charge in [0.25, 0.3) is 0 Å². The van der Waals surface area contributed by atoms with Crippen molar-refractivity contribution in [2.75, 3.05) is 21.3 Å². The molecule has 2 amide bonds. The maximum absolute atomic E-state index is 12.0. The molecule has 4 aromatic rings. The third-order valence-corrected chi connectivity index (χ3v) is 4.97. The first-order valence-corrected chi connectivity index (χ1v) is 10.5. The lowest BCUT2D eigenvalue weighted by molar-refractivity contribution is 0.262. The van der Waals surface area contributed by atoms with Gasteiger partial charge in [-0.2, -0.15) is 0 Å². The Hall–Kier alpha value is -3.98. The number of carbonyl (C=O) groups excluding carboxylic acids is 1. The molecule has 0 saturated heterocycles. The summed E-state index contributed by atoms with van der Waals surface area (Å²) in [6.45, 7) is 3.84. The summed E-state index contributed by atoms with van der Waals surface area (Å²) in [4.78, 5) is 25.2. The third-order valence-electron chi connectivity index (χ3n) is 4.18. The van der Waals surface area contributed by atoms with Crippen molar-refractivity contribution in [2.45, 2.75) is 13.8 Å². The van der Waals surface area contributed by atoms with Crippen LogP contribution in [-0.4, -0.2) is 21.0 Å². The smallest absolute Gasteiger partial charge is 0.324 e. The number of urea groups is 1. The average molecular weight is 432 g/mol. The van der Waals surface area contributed by atoms with Crippen molar-refractivity contribution in [3.05, 3.63) is 77.6 Å². The van der Waals surface area contributed by atoms with Crippen LogP contribution >= 0.6 is 11.3 Å². The number of nitrogens with one attached hydrogen (secondary N) is 4. The largest absolute Gasteiger partial charge is 0.340 e. The van der Waals surface area contributed by atoms with E-state index >= 15 is 0 Å². The van der Waals surface area contributed by atoms with Gasteiger partial charge in [-0.3, -0.25) is 5.32 Å². The van der Waals surface area contributed by atoms with Gasteiger partial charge in [-0.15, -0.1) is 11.3 Å². The number of aryl methyl sites for hydroxylation is 2. The maximum Gasteiger partial charge on any atom is 0.324 e. The Kier molecular flexibility index (Phi) is 6.04. The normalized spacial score (nSPS) is 10.4. The number of benzene rings is 1. The topological polar surface area (TPSA) is 104 Å². The highest BCUT2D eigenvalue weighted by Gasteiger charge is 2.06. The number of carbonyl (C=O) groups is 1. The van der Waals surface area contributed by atoms with Gasteiger partial charge in [0.05, 0.1) is 5.00 Å². The van der Waals surface area contributed by atoms with Crippen LogP contribution in [0.25, 0.3) is 0 Å². The van der Waals surface area contributed by atoms with E-state index in [2.05, 4.69) is 36.2 Å². The van der Waals surface area contributed by atoms with Crippen molar-refractivity contribution < 1.29 is 4.79 Å². The average Bonchev–Trinajstić information content (AvgIpc) is 3.22. The molecule has 0 atom stereocenters. The Morgan fingerprint density at radius 2 is 1.58 bits per heavy atom. The van der Waals surface area contributed by atoms with Gasteiger partial charge in [0, 0.05) is 23.6 Å². The van der Waals surface area contributed by atoms with Crippen LogP contribution < -0.4 is 21.3 Å². The molecule has 156 valence electrons. The number of thiophene rings is 1. The van der Waals surface area contributed by atoms with Crippen molar-refractivity contribution in [2.24, 2.45) is 0 Å². The second-order valence-corrected chi connectivity index (χ2v) is 7.74. The molecule has 0 spiro atoms. The van der Waals surface area contributed by atoms with Crippen molar-refractivity contribution in [1.82, 2.24) is 15.0 Å². The molecule has 9 heteroatoms. The van der Waals surface area contributed by atoms with Gasteiger partial charge in [-0.1, -0.05) is 0 Å². The molecular weight excluding hydrogens is 410 g/mol. The molecule has 0 unspecified atom stereocenters. The quantitative estimate of drug-likeness (QED) is 0.313. The van der Waals surface area contributed by atoms with E-state index in [1.165, 1.54) is 11.3 Å². The molecule has 0 bridgehead atoms. The predicted octanol–water partition coefficient (Wildman–Crippen LogP) is 5.68. The zero-order valence-electron chi connectivity index (χ0n) is 17.0. The number of nitrogens with zero attached hydrogens (tertiary/aromatic N) is 3. The molecular formula is C22H21N7OS. The highest BCUT2D eigenvalue weighted by Crippen LogP contribution is 2.22. The van der Waals surface area contributed by atoms with Crippen molar-refractivity contribution in [3.63, 3.8) is 0 Å². The van der Waals surface area contributed by atoms with Crippen molar-refractivity contribution in [3.8, 4) is 0 Å². The summed E-state index contributed by atoms with van der Waals surface area (Å²) in [5.41, 5.74) is 2.63. The molecule has 1 aromatic carbocycles. The summed E-state index contributed by atoms with van der Waals surface area (Å²) in [6, 6.07) is 16.5. The summed E-state index contributed by atoms with van der Waals surface area (Å²) in [6.07, 6.45) is 1.75. The van der Waals surface area contributed by atoms with Gasteiger partial charge in [-0.05, 0) is 73.3 Å². The standard InChI is InChI=1S/C22H21N7OS/c1-14-9-10-23-18(12-14)28-20-13-19(24-15(2)25-20)26-16-5-7-17(8-6-16)27-22(30)29-21-4-3-11-31-21/h3-13H,1-2H3,(H2,27,29,30)(H2,23,24,25,26,28). The molecule has 0 fully saturated rings. The second-order valence-electron chi connectivity index (χ2n) is 6.79. The summed E-state index contributed by atoms with van der Waals surface area (Å²) in [7, 11) is 0. The van der Waals surface area contributed by atoms with Crippen LogP contribution in [0.1, 0.15) is 11.4 Å². The van der Waals surface area contributed by atoms with E-state index in [-0.39, 0.29) is 6.03 Å². The van der Waals surface area contributed by atoms with Gasteiger partial charge in [0.2, 0.25) is 0 Å². The van der Waals surface area contributed by atoms with E-state index in [1.54, 1.807) is 6.20 Å². The van der Waals surface area contributed by atoms with E-state index in [0.29, 0.717) is 23.1 Å². The molecule has 0 aliphatic rings. The fourth-order valence-corrected chi connectivity index (χ4v) is 3.45. The highest BCUT2D eigenvalue weighted by molar-refractivity contribution is 7.14. The fourth-order valence-electron chi connectivity index (χ4n) is 2.84. The number of amides is 2. The number of hydrogen-bond acceptors (Lipinski definition) is 7. The van der Waals surface area contributed by atoms with Crippen LogP contribution in [0.15, 0.2) is 66.2 Å². The minimum Gasteiger partial charge on any atom is -0.340 e. The summed E-state index contributed by atoms with van der Waals surface area (Å²) < 4.78 is 0. The summed E-state index contributed by atoms with van der Waals surface area (Å²) in [5.74, 6) is 2.65. The van der Waals surface area contributed by atoms with Gasteiger partial charge in [0.1, 0.15) is 23.3 Å². The zero-order valence-corrected chi connectivity index (χ0v) is 17.8. The predicted molar refractivity (Wildman–Crippen MR) is 126 cm³/mol. The monoisotopic (exact) mass is 431 g/mol. The molecule has 0 radical (unpaired) electrons. The number of anilines is 6. The first-order chi connectivity index (χ1) is 15.0. The zero-order chi connectivity index (χ0) is 21.6. The third kappa shape index (κ3) is 5.77. The minimum absolute atomic E-state index is 0.282. The van der Waals surface area contributed by atoms with Gasteiger partial charge >= 0.3 is 6.03 Å². The molecule has 3 aromatic heterocycles. The Morgan fingerprint density at radius 3 is 2.29 bits per heavy atom. The SMILES string of the molecule is Cc1ccnc(Nc2cc(Nc3ccc(NC(=O)Nc4cccs4)cc3)nc(C)n2)c1. The Balaban J connectivity index is 1.40. The molecule has 0 aliphatic heterocycles. The van der Waals surface area contributed by atoms with Crippen LogP contribution in [0, 0.1) is 13.8 Å².